The van der Waals surface area contributed by atoms with E-state index in [0.717, 1.165) is 23.1 Å². The SMILES string of the molecule is CCn1c(SCc2ccccc2F)nnc1-c1ccccc1C. The third-order valence-corrected chi connectivity index (χ3v) is 4.75. The Labute approximate surface area is 139 Å². The fourth-order valence-corrected chi connectivity index (χ4v) is 3.45. The highest BCUT2D eigenvalue weighted by Gasteiger charge is 2.15. The van der Waals surface area contributed by atoms with Gasteiger partial charge in [0.25, 0.3) is 0 Å². The Morgan fingerprint density at radius 3 is 2.52 bits per heavy atom. The van der Waals surface area contributed by atoms with Gasteiger partial charge in [-0.3, -0.25) is 0 Å². The predicted molar refractivity (Wildman–Crippen MR) is 91.8 cm³/mol. The minimum Gasteiger partial charge on any atom is -0.302 e. The molecule has 0 aliphatic carbocycles. The van der Waals surface area contributed by atoms with Crippen LogP contribution in [0.25, 0.3) is 11.4 Å². The maximum Gasteiger partial charge on any atom is 0.191 e. The molecular formula is C18H18FN3S. The molecule has 3 rings (SSSR count). The van der Waals surface area contributed by atoms with Crippen LogP contribution in [0.3, 0.4) is 0 Å². The Morgan fingerprint density at radius 1 is 1.04 bits per heavy atom. The summed E-state index contributed by atoms with van der Waals surface area (Å²) in [6, 6.07) is 15.0. The second-order valence-corrected chi connectivity index (χ2v) is 6.19. The monoisotopic (exact) mass is 327 g/mol. The van der Waals surface area contributed by atoms with Gasteiger partial charge in [0.1, 0.15) is 5.82 Å². The number of rotatable bonds is 5. The molecular weight excluding hydrogens is 309 g/mol. The average Bonchev–Trinajstić information content (AvgIpc) is 2.97. The highest BCUT2D eigenvalue weighted by atomic mass is 32.2. The Morgan fingerprint density at radius 2 is 1.78 bits per heavy atom. The molecule has 1 aromatic heterocycles. The molecule has 0 amide bonds. The van der Waals surface area contributed by atoms with E-state index in [1.54, 1.807) is 12.1 Å². The van der Waals surface area contributed by atoms with Crippen molar-refractivity contribution in [1.29, 1.82) is 0 Å². The van der Waals surface area contributed by atoms with Crippen molar-refractivity contribution in [3.63, 3.8) is 0 Å². The Kier molecular flexibility index (Phi) is 4.76. The van der Waals surface area contributed by atoms with Gasteiger partial charge in [-0.2, -0.15) is 0 Å². The summed E-state index contributed by atoms with van der Waals surface area (Å²) in [6.45, 7) is 4.91. The summed E-state index contributed by atoms with van der Waals surface area (Å²) in [6.07, 6.45) is 0. The molecule has 3 aromatic rings. The van der Waals surface area contributed by atoms with Crippen LogP contribution in [0.15, 0.2) is 53.7 Å². The van der Waals surface area contributed by atoms with E-state index in [1.165, 1.54) is 23.4 Å². The Bertz CT molecular complexity index is 814. The van der Waals surface area contributed by atoms with E-state index in [-0.39, 0.29) is 5.82 Å². The van der Waals surface area contributed by atoms with Crippen molar-refractivity contribution >= 4 is 11.8 Å². The van der Waals surface area contributed by atoms with E-state index in [9.17, 15) is 4.39 Å². The fraction of sp³-hybridized carbons (Fsp3) is 0.222. The van der Waals surface area contributed by atoms with Crippen molar-refractivity contribution in [2.75, 3.05) is 0 Å². The zero-order chi connectivity index (χ0) is 16.2. The summed E-state index contributed by atoms with van der Waals surface area (Å²) >= 11 is 1.51. The van der Waals surface area contributed by atoms with E-state index < -0.39 is 0 Å². The van der Waals surface area contributed by atoms with Crippen LogP contribution in [-0.4, -0.2) is 14.8 Å². The van der Waals surface area contributed by atoms with Gasteiger partial charge in [-0.25, -0.2) is 4.39 Å². The van der Waals surface area contributed by atoms with Crippen LogP contribution < -0.4 is 0 Å². The van der Waals surface area contributed by atoms with Gasteiger partial charge >= 0.3 is 0 Å². The summed E-state index contributed by atoms with van der Waals surface area (Å²) in [4.78, 5) is 0. The van der Waals surface area contributed by atoms with Crippen LogP contribution in [0.5, 0.6) is 0 Å². The molecule has 0 unspecified atom stereocenters. The molecule has 0 N–H and O–H groups in total. The average molecular weight is 327 g/mol. The molecule has 0 spiro atoms. The largest absolute Gasteiger partial charge is 0.302 e. The van der Waals surface area contributed by atoms with Gasteiger partial charge < -0.3 is 4.57 Å². The first-order chi connectivity index (χ1) is 11.2. The maximum absolute atomic E-state index is 13.7. The standard InChI is InChI=1S/C18H18FN3S/c1-3-22-17(15-10-6-4-8-13(15)2)20-21-18(22)23-12-14-9-5-7-11-16(14)19/h4-11H,3,12H2,1-2H3. The molecule has 0 saturated heterocycles. The minimum absolute atomic E-state index is 0.179. The van der Waals surface area contributed by atoms with E-state index in [4.69, 9.17) is 0 Å². The molecule has 0 bridgehead atoms. The first-order valence-corrected chi connectivity index (χ1v) is 8.54. The number of nitrogens with zero attached hydrogens (tertiary/aromatic N) is 3. The molecule has 0 aliphatic heterocycles. The molecule has 1 heterocycles. The summed E-state index contributed by atoms with van der Waals surface area (Å²) in [5.41, 5.74) is 2.93. The topological polar surface area (TPSA) is 30.7 Å². The summed E-state index contributed by atoms with van der Waals surface area (Å²) < 4.78 is 15.8. The van der Waals surface area contributed by atoms with Crippen LogP contribution in [0.1, 0.15) is 18.1 Å². The van der Waals surface area contributed by atoms with Gasteiger partial charge in [-0.15, -0.1) is 10.2 Å². The maximum atomic E-state index is 13.7. The quantitative estimate of drug-likeness (QED) is 0.636. The number of halogens is 1. The van der Waals surface area contributed by atoms with Crippen LogP contribution >= 0.6 is 11.8 Å². The van der Waals surface area contributed by atoms with Gasteiger partial charge in [-0.1, -0.05) is 54.2 Å². The zero-order valence-electron chi connectivity index (χ0n) is 13.2. The van der Waals surface area contributed by atoms with Crippen molar-refractivity contribution in [3.8, 4) is 11.4 Å². The number of hydrogen-bond acceptors (Lipinski definition) is 3. The molecule has 0 atom stereocenters. The van der Waals surface area contributed by atoms with Gasteiger partial charge in [0.15, 0.2) is 11.0 Å². The molecule has 5 heteroatoms. The third-order valence-electron chi connectivity index (χ3n) is 3.73. The third kappa shape index (κ3) is 3.29. The number of benzene rings is 2. The number of aryl methyl sites for hydroxylation is 1. The molecule has 3 nitrogen and oxygen atoms in total. The van der Waals surface area contributed by atoms with Gasteiger partial charge in [0.05, 0.1) is 0 Å². The van der Waals surface area contributed by atoms with Gasteiger partial charge in [0, 0.05) is 17.9 Å². The lowest BCUT2D eigenvalue weighted by molar-refractivity contribution is 0.617. The van der Waals surface area contributed by atoms with E-state index >= 15 is 0 Å². The fourth-order valence-electron chi connectivity index (χ4n) is 2.46. The lowest BCUT2D eigenvalue weighted by Crippen LogP contribution is -2.01. The molecule has 0 saturated carbocycles. The van der Waals surface area contributed by atoms with E-state index in [2.05, 4.69) is 40.7 Å². The molecule has 2 aromatic carbocycles. The highest BCUT2D eigenvalue weighted by molar-refractivity contribution is 7.98. The Hall–Kier alpha value is -2.14. The zero-order valence-corrected chi connectivity index (χ0v) is 14.0. The lowest BCUT2D eigenvalue weighted by Gasteiger charge is -2.09. The van der Waals surface area contributed by atoms with Crippen LogP contribution in [-0.2, 0) is 12.3 Å². The summed E-state index contributed by atoms with van der Waals surface area (Å²) in [5.74, 6) is 1.22. The number of aromatic nitrogens is 3. The highest BCUT2D eigenvalue weighted by Crippen LogP contribution is 2.28. The molecule has 118 valence electrons. The second kappa shape index (κ2) is 6.96. The molecule has 23 heavy (non-hydrogen) atoms. The van der Waals surface area contributed by atoms with Gasteiger partial charge in [0.2, 0.25) is 0 Å². The summed E-state index contributed by atoms with van der Waals surface area (Å²) in [5, 5.41) is 9.47. The van der Waals surface area contributed by atoms with Crippen molar-refractivity contribution < 1.29 is 4.39 Å². The van der Waals surface area contributed by atoms with Crippen molar-refractivity contribution in [1.82, 2.24) is 14.8 Å². The lowest BCUT2D eigenvalue weighted by atomic mass is 10.1. The Balaban J connectivity index is 1.87. The van der Waals surface area contributed by atoms with Crippen LogP contribution in [0.2, 0.25) is 0 Å². The van der Waals surface area contributed by atoms with Crippen LogP contribution in [0.4, 0.5) is 4.39 Å². The smallest absolute Gasteiger partial charge is 0.191 e. The van der Waals surface area contributed by atoms with Crippen molar-refractivity contribution in [2.24, 2.45) is 0 Å². The van der Waals surface area contributed by atoms with Crippen LogP contribution in [0, 0.1) is 12.7 Å². The number of thioether (sulfide) groups is 1. The second-order valence-electron chi connectivity index (χ2n) is 5.25. The minimum atomic E-state index is -0.179. The predicted octanol–water partition coefficient (Wildman–Crippen LogP) is 4.70. The van der Waals surface area contributed by atoms with E-state index in [0.29, 0.717) is 11.3 Å². The van der Waals surface area contributed by atoms with Gasteiger partial charge in [-0.05, 0) is 31.0 Å². The molecule has 0 radical (unpaired) electrons. The van der Waals surface area contributed by atoms with Crippen molar-refractivity contribution in [3.05, 3.63) is 65.5 Å². The summed E-state index contributed by atoms with van der Waals surface area (Å²) in [7, 11) is 0. The number of hydrogen-bond donors (Lipinski definition) is 0. The molecule has 0 fully saturated rings. The van der Waals surface area contributed by atoms with E-state index in [1.807, 2.05) is 18.2 Å². The first-order valence-electron chi connectivity index (χ1n) is 7.56. The first kappa shape index (κ1) is 15.7. The van der Waals surface area contributed by atoms with Crippen molar-refractivity contribution in [2.45, 2.75) is 31.3 Å². The normalized spacial score (nSPS) is 10.9. The molecule has 0 aliphatic rings.